The summed E-state index contributed by atoms with van der Waals surface area (Å²) in [5, 5.41) is 10.5. The van der Waals surface area contributed by atoms with Gasteiger partial charge >= 0.3 is 0 Å². The minimum absolute atomic E-state index is 0.0219. The van der Waals surface area contributed by atoms with Crippen LogP contribution in [0.2, 0.25) is 0 Å². The van der Waals surface area contributed by atoms with Gasteiger partial charge in [0.2, 0.25) is 17.8 Å². The van der Waals surface area contributed by atoms with Gasteiger partial charge in [-0.15, -0.1) is 0 Å². The summed E-state index contributed by atoms with van der Waals surface area (Å²) in [4.78, 5) is 33.9. The lowest BCUT2D eigenvalue weighted by Crippen LogP contribution is -2.51. The number of nitrogens with zero attached hydrogens (tertiary/aromatic N) is 6. The smallest absolute Gasteiger partial charge is 0.256 e. The lowest BCUT2D eigenvalue weighted by molar-refractivity contribution is -0.144. The zero-order chi connectivity index (χ0) is 25.1. The van der Waals surface area contributed by atoms with Crippen LogP contribution in [-0.4, -0.2) is 81.3 Å². The van der Waals surface area contributed by atoms with Gasteiger partial charge in [-0.2, -0.15) is 4.98 Å². The minimum atomic E-state index is -1.18. The summed E-state index contributed by atoms with van der Waals surface area (Å²) in [5.74, 6) is 0.859. The third-order valence-corrected chi connectivity index (χ3v) is 6.55. The molecule has 3 N–H and O–H groups in total. The van der Waals surface area contributed by atoms with Crippen LogP contribution in [0.1, 0.15) is 24.5 Å². The van der Waals surface area contributed by atoms with Gasteiger partial charge in [-0.05, 0) is 5.56 Å². The number of aliphatic hydroxyl groups excluding tert-OH is 1. The molecule has 188 valence electrons. The zero-order valence-corrected chi connectivity index (χ0v) is 20.0. The largest absolute Gasteiger partial charge is 0.474 e. The standard InChI is InChI=1S/C25H29N7O4/c1-31(23(34)22(33)16-5-3-2-4-6-16)18-11-19(12-18)36-21-13-20(17-14-27-24(26)28-15-17)29-25(30-21)32-7-9-35-10-8-32/h2-6,13-15,18-19,22,33H,7-12H2,1H3,(H2,26,27,28)/t18?,19?,22-/m0/s1. The number of hydrogen-bond acceptors (Lipinski definition) is 10. The number of ether oxygens (including phenoxy) is 2. The molecule has 5 rings (SSSR count). The number of rotatable bonds is 7. The van der Waals surface area contributed by atoms with E-state index in [-0.39, 0.29) is 24.0 Å². The SMILES string of the molecule is CN(C(=O)[C@@H](O)c1ccccc1)C1CC(Oc2cc(-c3cnc(N)nc3)nc(N3CCOCC3)n2)C1. The molecule has 2 aliphatic rings. The molecule has 1 saturated carbocycles. The lowest BCUT2D eigenvalue weighted by atomic mass is 9.87. The van der Waals surface area contributed by atoms with Gasteiger partial charge in [0.05, 0.1) is 18.9 Å². The number of nitrogen functional groups attached to an aromatic ring is 1. The second-order valence-corrected chi connectivity index (χ2v) is 8.95. The van der Waals surface area contributed by atoms with Crippen molar-refractivity contribution in [1.82, 2.24) is 24.8 Å². The van der Waals surface area contributed by atoms with Crippen LogP contribution in [-0.2, 0) is 9.53 Å². The average Bonchev–Trinajstić information content (AvgIpc) is 2.90. The highest BCUT2D eigenvalue weighted by Gasteiger charge is 2.38. The molecule has 0 spiro atoms. The fourth-order valence-electron chi connectivity index (χ4n) is 4.27. The minimum Gasteiger partial charge on any atom is -0.474 e. The maximum Gasteiger partial charge on any atom is 0.256 e. The molecule has 1 atom stereocenters. The van der Waals surface area contributed by atoms with E-state index in [1.54, 1.807) is 54.7 Å². The summed E-state index contributed by atoms with van der Waals surface area (Å²) in [7, 11) is 1.72. The van der Waals surface area contributed by atoms with Crippen LogP contribution in [0.15, 0.2) is 48.8 Å². The molecule has 0 radical (unpaired) electrons. The van der Waals surface area contributed by atoms with E-state index in [9.17, 15) is 9.90 Å². The highest BCUT2D eigenvalue weighted by atomic mass is 16.5. The van der Waals surface area contributed by atoms with Gasteiger partial charge in [0.1, 0.15) is 6.10 Å². The maximum absolute atomic E-state index is 12.8. The van der Waals surface area contributed by atoms with Crippen LogP contribution in [0.3, 0.4) is 0 Å². The first-order chi connectivity index (χ1) is 17.5. The molecule has 3 aromatic rings. The number of carbonyl (C=O) groups is 1. The van der Waals surface area contributed by atoms with Crippen LogP contribution in [0, 0.1) is 0 Å². The number of morpholine rings is 1. The molecule has 36 heavy (non-hydrogen) atoms. The van der Waals surface area contributed by atoms with E-state index in [0.717, 1.165) is 0 Å². The van der Waals surface area contributed by atoms with Crippen LogP contribution < -0.4 is 15.4 Å². The van der Waals surface area contributed by atoms with Crippen molar-refractivity contribution < 1.29 is 19.4 Å². The summed E-state index contributed by atoms with van der Waals surface area (Å²) in [6.45, 7) is 2.58. The normalized spacial score (nSPS) is 20.3. The van der Waals surface area contributed by atoms with Gasteiger partial charge in [0, 0.05) is 63.0 Å². The lowest BCUT2D eigenvalue weighted by Gasteiger charge is -2.41. The Kier molecular flexibility index (Phi) is 6.92. The molecular weight excluding hydrogens is 462 g/mol. The Morgan fingerprint density at radius 3 is 2.56 bits per heavy atom. The second kappa shape index (κ2) is 10.4. The number of anilines is 2. The van der Waals surface area contributed by atoms with Crippen molar-refractivity contribution in [2.75, 3.05) is 44.0 Å². The molecule has 2 aromatic heterocycles. The molecule has 1 amide bonds. The summed E-state index contributed by atoms with van der Waals surface area (Å²) in [6.07, 6.45) is 3.23. The molecule has 1 aromatic carbocycles. The number of amides is 1. The Bertz CT molecular complexity index is 1180. The van der Waals surface area contributed by atoms with Gasteiger partial charge in [-0.25, -0.2) is 15.0 Å². The van der Waals surface area contributed by atoms with E-state index < -0.39 is 6.10 Å². The van der Waals surface area contributed by atoms with Crippen molar-refractivity contribution in [3.05, 3.63) is 54.4 Å². The van der Waals surface area contributed by atoms with Crippen LogP contribution in [0.25, 0.3) is 11.3 Å². The highest BCUT2D eigenvalue weighted by molar-refractivity contribution is 5.82. The van der Waals surface area contributed by atoms with E-state index in [1.807, 2.05) is 6.07 Å². The van der Waals surface area contributed by atoms with E-state index >= 15 is 0 Å². The number of benzene rings is 1. The monoisotopic (exact) mass is 491 g/mol. The Balaban J connectivity index is 1.27. The summed E-state index contributed by atoms with van der Waals surface area (Å²) < 4.78 is 11.7. The molecule has 11 heteroatoms. The van der Waals surface area contributed by atoms with E-state index in [2.05, 4.69) is 19.9 Å². The molecule has 0 unspecified atom stereocenters. The molecule has 0 bridgehead atoms. The van der Waals surface area contributed by atoms with Gasteiger partial charge in [0.15, 0.2) is 6.10 Å². The predicted molar refractivity (Wildman–Crippen MR) is 132 cm³/mol. The Morgan fingerprint density at radius 1 is 1.17 bits per heavy atom. The first-order valence-electron chi connectivity index (χ1n) is 11.9. The topological polar surface area (TPSA) is 140 Å². The third-order valence-electron chi connectivity index (χ3n) is 6.55. The summed E-state index contributed by atoms with van der Waals surface area (Å²) in [5.41, 5.74) is 7.56. The number of aliphatic hydroxyl groups is 1. The van der Waals surface area contributed by atoms with Crippen molar-refractivity contribution >= 4 is 17.8 Å². The fraction of sp³-hybridized carbons (Fsp3) is 0.400. The van der Waals surface area contributed by atoms with Crippen molar-refractivity contribution in [2.45, 2.75) is 31.1 Å². The van der Waals surface area contributed by atoms with Crippen molar-refractivity contribution in [1.29, 1.82) is 0 Å². The Hall–Kier alpha value is -3.83. The predicted octanol–water partition coefficient (Wildman–Crippen LogP) is 1.45. The molecule has 3 heterocycles. The van der Waals surface area contributed by atoms with Gasteiger partial charge in [-0.3, -0.25) is 4.79 Å². The van der Waals surface area contributed by atoms with Crippen molar-refractivity contribution in [3.8, 4) is 17.1 Å². The molecular formula is C25H29N7O4. The number of aromatic nitrogens is 4. The van der Waals surface area contributed by atoms with E-state index in [4.69, 9.17) is 20.2 Å². The Labute approximate surface area is 208 Å². The molecule has 11 nitrogen and oxygen atoms in total. The summed E-state index contributed by atoms with van der Waals surface area (Å²) in [6, 6.07) is 10.7. The van der Waals surface area contributed by atoms with Gasteiger partial charge in [0.25, 0.3) is 5.91 Å². The molecule has 2 fully saturated rings. The average molecular weight is 492 g/mol. The van der Waals surface area contributed by atoms with Crippen LogP contribution in [0.5, 0.6) is 5.88 Å². The van der Waals surface area contributed by atoms with Crippen molar-refractivity contribution in [2.24, 2.45) is 0 Å². The number of hydrogen-bond donors (Lipinski definition) is 2. The zero-order valence-electron chi connectivity index (χ0n) is 20.0. The van der Waals surface area contributed by atoms with Gasteiger partial charge in [-0.1, -0.05) is 30.3 Å². The number of likely N-dealkylation sites (N-methyl/N-ethyl adjacent to an activating group) is 1. The number of carbonyl (C=O) groups excluding carboxylic acids is 1. The van der Waals surface area contributed by atoms with E-state index in [0.29, 0.717) is 67.8 Å². The molecule has 1 aliphatic carbocycles. The third kappa shape index (κ3) is 5.21. The van der Waals surface area contributed by atoms with Gasteiger partial charge < -0.3 is 30.1 Å². The molecule has 1 saturated heterocycles. The first-order valence-corrected chi connectivity index (χ1v) is 11.9. The Morgan fingerprint density at radius 2 is 1.86 bits per heavy atom. The van der Waals surface area contributed by atoms with Crippen molar-refractivity contribution in [3.63, 3.8) is 0 Å². The first kappa shape index (κ1) is 23.9. The van der Waals surface area contributed by atoms with Crippen LogP contribution >= 0.6 is 0 Å². The highest BCUT2D eigenvalue weighted by Crippen LogP contribution is 2.32. The summed E-state index contributed by atoms with van der Waals surface area (Å²) >= 11 is 0. The van der Waals surface area contributed by atoms with Crippen LogP contribution in [0.4, 0.5) is 11.9 Å². The molecule has 1 aliphatic heterocycles. The number of nitrogens with two attached hydrogens (primary N) is 1. The fourth-order valence-corrected chi connectivity index (χ4v) is 4.27. The quantitative estimate of drug-likeness (QED) is 0.499. The maximum atomic E-state index is 12.8. The van der Waals surface area contributed by atoms with E-state index in [1.165, 1.54) is 0 Å². The second-order valence-electron chi connectivity index (χ2n) is 8.95.